The predicted molar refractivity (Wildman–Crippen MR) is 24.9 cm³/mol. The Balaban J connectivity index is 3.14. The molecule has 1 nitrogen and oxygen atoms in total. The molecule has 30 valence electrons. The van der Waals surface area contributed by atoms with E-state index < -0.39 is 0 Å². The summed E-state index contributed by atoms with van der Waals surface area (Å²) in [6.45, 7) is 1.74. The first kappa shape index (κ1) is 4.96. The highest BCUT2D eigenvalue weighted by molar-refractivity contribution is 6.64. The number of rotatable bonds is 0. The lowest BCUT2D eigenvalue weighted by atomic mass is 10.9. The van der Waals surface area contributed by atoms with E-state index in [-0.39, 0.29) is 0 Å². The average Bonchev–Trinajstić information content (AvgIpc) is 1.38. The number of aliphatic imine (C=N–C) groups is 1. The topological polar surface area (TPSA) is 12.4 Å². The van der Waals surface area contributed by atoms with Crippen molar-refractivity contribution in [1.29, 1.82) is 0 Å². The molecule has 0 bridgehead atoms. The Bertz CT molecular complexity index is 44.9. The number of hydrogen-bond acceptors (Lipinski definition) is 1. The fourth-order valence-corrected chi connectivity index (χ4v) is 0. The summed E-state index contributed by atoms with van der Waals surface area (Å²) in [4.78, 5) is 3.57. The second-order valence-electron chi connectivity index (χ2n) is 0.721. The van der Waals surface area contributed by atoms with Gasteiger partial charge in [0.1, 0.15) is 0 Å². The average molecular weight is 91.5 g/mol. The van der Waals surface area contributed by atoms with Crippen LogP contribution < -0.4 is 0 Å². The van der Waals surface area contributed by atoms with Gasteiger partial charge in [0.05, 0.1) is 5.17 Å². The first-order chi connectivity index (χ1) is 2.27. The third-order valence-electron chi connectivity index (χ3n) is 0.308. The summed E-state index contributed by atoms with van der Waals surface area (Å²) in [5.74, 6) is 0. The van der Waals surface area contributed by atoms with E-state index in [2.05, 4.69) is 4.99 Å². The highest BCUT2D eigenvalue weighted by atomic mass is 35.5. The van der Waals surface area contributed by atoms with Crippen molar-refractivity contribution in [3.05, 3.63) is 0 Å². The fraction of sp³-hybridized carbons (Fsp3) is 0.667. The molecule has 0 rings (SSSR count). The van der Waals surface area contributed by atoms with E-state index in [4.69, 9.17) is 11.6 Å². The van der Waals surface area contributed by atoms with Crippen LogP contribution in [-0.2, 0) is 0 Å². The monoisotopic (exact) mass is 91.0 g/mol. The molecule has 0 aliphatic rings. The van der Waals surface area contributed by atoms with Crippen LogP contribution in [0.2, 0.25) is 0 Å². The van der Waals surface area contributed by atoms with Gasteiger partial charge in [0.25, 0.3) is 0 Å². The van der Waals surface area contributed by atoms with E-state index in [0.717, 1.165) is 0 Å². The number of nitrogens with zero attached hydrogens (tertiary/aromatic N) is 1. The Morgan fingerprint density at radius 3 is 2.00 bits per heavy atom. The number of halogens is 1. The van der Waals surface area contributed by atoms with Crippen LogP contribution in [0.3, 0.4) is 0 Å². The van der Waals surface area contributed by atoms with Crippen LogP contribution in [0.5, 0.6) is 0 Å². The summed E-state index contributed by atoms with van der Waals surface area (Å²) < 4.78 is 0. The van der Waals surface area contributed by atoms with Crippen LogP contribution >= 0.6 is 11.6 Å². The van der Waals surface area contributed by atoms with Gasteiger partial charge in [-0.25, -0.2) is 0 Å². The van der Waals surface area contributed by atoms with Crippen molar-refractivity contribution < 1.29 is 0 Å². The van der Waals surface area contributed by atoms with Crippen LogP contribution in [0.4, 0.5) is 0 Å². The summed E-state index contributed by atoms with van der Waals surface area (Å²) in [6.07, 6.45) is 0. The standard InChI is InChI=1S/C3H6ClN/c1-3(4)5-2/h1-2H3/b5-3+. The normalized spacial score (nSPS) is 12.2. The Hall–Kier alpha value is -0.0400. The zero-order valence-electron chi connectivity index (χ0n) is 3.33. The predicted octanol–water partition coefficient (Wildman–Crippen LogP) is 1.27. The second kappa shape index (κ2) is 2.21. The van der Waals surface area contributed by atoms with Gasteiger partial charge in [-0.2, -0.15) is 0 Å². The van der Waals surface area contributed by atoms with Gasteiger partial charge in [-0.05, 0) is 6.92 Å². The zero-order chi connectivity index (χ0) is 4.28. The third kappa shape index (κ3) is 3.96. The van der Waals surface area contributed by atoms with Crippen molar-refractivity contribution >= 4 is 16.8 Å². The van der Waals surface area contributed by atoms with Gasteiger partial charge in [0.15, 0.2) is 0 Å². The van der Waals surface area contributed by atoms with Crippen LogP contribution in [-0.4, -0.2) is 12.2 Å². The van der Waals surface area contributed by atoms with Gasteiger partial charge < -0.3 is 0 Å². The molecule has 0 spiro atoms. The maximum atomic E-state index is 5.21. The molecule has 0 aromatic rings. The molecule has 0 aliphatic carbocycles. The van der Waals surface area contributed by atoms with E-state index in [0.29, 0.717) is 5.17 Å². The molecule has 0 fully saturated rings. The highest BCUT2D eigenvalue weighted by Crippen LogP contribution is 1.76. The fourth-order valence-electron chi connectivity index (χ4n) is 0. The van der Waals surface area contributed by atoms with Crippen LogP contribution in [0.15, 0.2) is 4.99 Å². The summed E-state index contributed by atoms with van der Waals surface area (Å²) in [6, 6.07) is 0. The van der Waals surface area contributed by atoms with Crippen molar-refractivity contribution in [2.75, 3.05) is 7.05 Å². The summed E-state index contributed by atoms with van der Waals surface area (Å²) in [5.41, 5.74) is 0. The molecule has 0 saturated carbocycles. The molecule has 0 unspecified atom stereocenters. The van der Waals surface area contributed by atoms with Crippen LogP contribution in [0.1, 0.15) is 6.92 Å². The lowest BCUT2D eigenvalue weighted by molar-refractivity contribution is 1.45. The maximum Gasteiger partial charge on any atom is 0.0968 e. The van der Waals surface area contributed by atoms with Crippen molar-refractivity contribution in [3.63, 3.8) is 0 Å². The van der Waals surface area contributed by atoms with E-state index >= 15 is 0 Å². The molecule has 0 radical (unpaired) electrons. The van der Waals surface area contributed by atoms with E-state index in [9.17, 15) is 0 Å². The summed E-state index contributed by atoms with van der Waals surface area (Å²) in [5, 5.41) is 0.602. The minimum absolute atomic E-state index is 0.602. The first-order valence-electron chi connectivity index (χ1n) is 1.36. The summed E-state index contributed by atoms with van der Waals surface area (Å²) >= 11 is 5.21. The molecule has 0 N–H and O–H groups in total. The largest absolute Gasteiger partial charge is 0.281 e. The zero-order valence-corrected chi connectivity index (χ0v) is 4.08. The molecular weight excluding hydrogens is 85.5 g/mol. The Labute approximate surface area is 36.7 Å². The molecule has 5 heavy (non-hydrogen) atoms. The second-order valence-corrected chi connectivity index (χ2v) is 1.27. The van der Waals surface area contributed by atoms with Crippen molar-refractivity contribution in [1.82, 2.24) is 0 Å². The van der Waals surface area contributed by atoms with Crippen LogP contribution in [0.25, 0.3) is 0 Å². The molecule has 0 aliphatic heterocycles. The SMILES string of the molecule is C/N=C(\C)Cl. The number of hydrogen-bond donors (Lipinski definition) is 0. The minimum atomic E-state index is 0.602. The first-order valence-corrected chi connectivity index (χ1v) is 1.74. The maximum absolute atomic E-state index is 5.21. The van der Waals surface area contributed by atoms with Gasteiger partial charge in [0, 0.05) is 7.05 Å². The van der Waals surface area contributed by atoms with Crippen molar-refractivity contribution in [2.24, 2.45) is 4.99 Å². The smallest absolute Gasteiger partial charge is 0.0968 e. The molecule has 0 amide bonds. The lowest BCUT2D eigenvalue weighted by Crippen LogP contribution is -1.67. The molecule has 0 atom stereocenters. The van der Waals surface area contributed by atoms with Crippen molar-refractivity contribution in [2.45, 2.75) is 6.92 Å². The molecule has 0 aromatic heterocycles. The van der Waals surface area contributed by atoms with Gasteiger partial charge in [-0.3, -0.25) is 4.99 Å². The molecule has 0 heterocycles. The molecule has 0 aromatic carbocycles. The Morgan fingerprint density at radius 1 is 1.80 bits per heavy atom. The summed E-state index contributed by atoms with van der Waals surface area (Å²) in [7, 11) is 1.66. The Kier molecular flexibility index (Phi) is 2.19. The molecule has 0 saturated heterocycles. The van der Waals surface area contributed by atoms with Crippen molar-refractivity contribution in [3.8, 4) is 0 Å². The van der Waals surface area contributed by atoms with E-state index in [1.807, 2.05) is 0 Å². The Morgan fingerprint density at radius 2 is 2.00 bits per heavy atom. The van der Waals surface area contributed by atoms with Gasteiger partial charge in [0.2, 0.25) is 0 Å². The molecule has 2 heteroatoms. The van der Waals surface area contributed by atoms with Gasteiger partial charge >= 0.3 is 0 Å². The lowest BCUT2D eigenvalue weighted by Gasteiger charge is -1.70. The highest BCUT2D eigenvalue weighted by Gasteiger charge is 1.66. The third-order valence-corrected chi connectivity index (χ3v) is 0.477. The van der Waals surface area contributed by atoms with Crippen LogP contribution in [0, 0.1) is 0 Å². The van der Waals surface area contributed by atoms with E-state index in [1.165, 1.54) is 0 Å². The van der Waals surface area contributed by atoms with Gasteiger partial charge in [-0.1, -0.05) is 11.6 Å². The minimum Gasteiger partial charge on any atom is -0.281 e. The van der Waals surface area contributed by atoms with E-state index in [1.54, 1.807) is 14.0 Å². The van der Waals surface area contributed by atoms with Gasteiger partial charge in [-0.15, -0.1) is 0 Å². The quantitative estimate of drug-likeness (QED) is 0.398. The molecular formula is C3H6ClN.